The minimum atomic E-state index is 0. The summed E-state index contributed by atoms with van der Waals surface area (Å²) in [5, 5.41) is 17.2. The molecule has 2 heterocycles. The molecule has 0 unspecified atom stereocenters. The summed E-state index contributed by atoms with van der Waals surface area (Å²) in [4.78, 5) is 6.03. The average molecular weight is 540 g/mol. The van der Waals surface area contributed by atoms with Crippen molar-refractivity contribution in [2.24, 2.45) is 12.0 Å². The maximum atomic E-state index is 5.75. The summed E-state index contributed by atoms with van der Waals surface area (Å²) in [5.74, 6) is 3.40. The van der Waals surface area contributed by atoms with E-state index in [-0.39, 0.29) is 24.0 Å². The lowest BCUT2D eigenvalue weighted by Gasteiger charge is -2.13. The fourth-order valence-electron chi connectivity index (χ4n) is 2.66. The number of thiophene rings is 1. The predicted octanol–water partition coefficient (Wildman–Crippen LogP) is 3.55. The first-order chi connectivity index (χ1) is 14.2. The molecule has 0 saturated carbocycles. The molecule has 3 rings (SSSR count). The molecule has 0 aliphatic carbocycles. The van der Waals surface area contributed by atoms with E-state index in [0.29, 0.717) is 13.2 Å². The van der Waals surface area contributed by atoms with Crippen LogP contribution in [0.25, 0.3) is 0 Å². The lowest BCUT2D eigenvalue weighted by atomic mass is 10.3. The molecule has 7 nitrogen and oxygen atoms in total. The Morgan fingerprint density at radius 1 is 1.10 bits per heavy atom. The van der Waals surface area contributed by atoms with Crippen molar-refractivity contribution in [2.75, 3.05) is 19.7 Å². The molecule has 0 amide bonds. The Morgan fingerprint density at radius 3 is 2.60 bits per heavy atom. The van der Waals surface area contributed by atoms with Crippen LogP contribution in [-0.2, 0) is 20.0 Å². The molecular weight excluding hydrogens is 511 g/mol. The fraction of sp³-hybridized carbons (Fsp3) is 0.381. The Labute approximate surface area is 199 Å². The van der Waals surface area contributed by atoms with E-state index in [2.05, 4.69) is 43.3 Å². The first kappa shape index (κ1) is 24.1. The molecular formula is C21H29IN6OS. The largest absolute Gasteiger partial charge is 0.494 e. The second-order valence-corrected chi connectivity index (χ2v) is 7.62. The van der Waals surface area contributed by atoms with Gasteiger partial charge in [-0.05, 0) is 43.3 Å². The van der Waals surface area contributed by atoms with Crippen LogP contribution in [0, 0.1) is 6.92 Å². The van der Waals surface area contributed by atoms with Gasteiger partial charge in [-0.1, -0.05) is 24.3 Å². The number of nitrogens with one attached hydrogen (secondary N) is 2. The summed E-state index contributed by atoms with van der Waals surface area (Å²) in [5.41, 5.74) is 0. The van der Waals surface area contributed by atoms with Gasteiger partial charge >= 0.3 is 0 Å². The van der Waals surface area contributed by atoms with E-state index in [1.54, 1.807) is 11.3 Å². The third-order valence-corrected chi connectivity index (χ3v) is 5.37. The van der Waals surface area contributed by atoms with Crippen LogP contribution in [0.3, 0.4) is 0 Å². The molecule has 162 valence electrons. The number of para-hydroxylation sites is 1. The zero-order valence-corrected chi connectivity index (χ0v) is 20.5. The lowest BCUT2D eigenvalue weighted by molar-refractivity contribution is 0.311. The van der Waals surface area contributed by atoms with Gasteiger partial charge in [0.25, 0.3) is 0 Å². The van der Waals surface area contributed by atoms with E-state index < -0.39 is 0 Å². The van der Waals surface area contributed by atoms with Crippen molar-refractivity contribution in [3.63, 3.8) is 0 Å². The van der Waals surface area contributed by atoms with Crippen LogP contribution in [0.1, 0.15) is 22.9 Å². The Bertz CT molecular complexity index is 882. The molecule has 0 aliphatic heterocycles. The van der Waals surface area contributed by atoms with Crippen molar-refractivity contribution in [1.29, 1.82) is 0 Å². The summed E-state index contributed by atoms with van der Waals surface area (Å²) < 4.78 is 7.70. The molecule has 0 atom stereocenters. The summed E-state index contributed by atoms with van der Waals surface area (Å²) in [6.45, 7) is 4.67. The third-order valence-electron chi connectivity index (χ3n) is 4.43. The van der Waals surface area contributed by atoms with Gasteiger partial charge < -0.3 is 19.9 Å². The molecule has 0 bridgehead atoms. The number of nitrogens with zero attached hydrogens (tertiary/aromatic N) is 4. The maximum absolute atomic E-state index is 5.75. The number of aliphatic imine (C=N–C) groups is 1. The number of aryl methyl sites for hydroxylation is 1. The zero-order valence-electron chi connectivity index (χ0n) is 17.4. The highest BCUT2D eigenvalue weighted by Gasteiger charge is 2.05. The van der Waals surface area contributed by atoms with E-state index >= 15 is 0 Å². The number of guanidine groups is 1. The van der Waals surface area contributed by atoms with Crippen molar-refractivity contribution >= 4 is 41.3 Å². The molecule has 2 N–H and O–H groups in total. The van der Waals surface area contributed by atoms with Gasteiger partial charge in [0.2, 0.25) is 0 Å². The van der Waals surface area contributed by atoms with Crippen LogP contribution in [0.2, 0.25) is 0 Å². The van der Waals surface area contributed by atoms with Gasteiger partial charge in [0.05, 0.1) is 6.61 Å². The van der Waals surface area contributed by atoms with Crippen LogP contribution < -0.4 is 15.4 Å². The highest BCUT2D eigenvalue weighted by molar-refractivity contribution is 14.0. The number of hydrogen-bond donors (Lipinski definition) is 2. The van der Waals surface area contributed by atoms with Crippen molar-refractivity contribution in [3.05, 3.63) is 64.4 Å². The van der Waals surface area contributed by atoms with E-state index in [4.69, 9.17) is 4.74 Å². The molecule has 9 heteroatoms. The normalized spacial score (nSPS) is 11.1. The fourth-order valence-corrected chi connectivity index (χ4v) is 3.37. The van der Waals surface area contributed by atoms with E-state index in [1.807, 2.05) is 48.9 Å². The van der Waals surface area contributed by atoms with Crippen molar-refractivity contribution in [3.8, 4) is 5.75 Å². The number of aromatic nitrogens is 3. The highest BCUT2D eigenvalue weighted by Crippen LogP contribution is 2.09. The third kappa shape index (κ3) is 7.94. The van der Waals surface area contributed by atoms with Gasteiger partial charge in [0.1, 0.15) is 18.1 Å². The zero-order chi connectivity index (χ0) is 20.3. The highest BCUT2D eigenvalue weighted by atomic mass is 127. The second kappa shape index (κ2) is 13.2. The van der Waals surface area contributed by atoms with Gasteiger partial charge in [0.15, 0.2) is 11.8 Å². The molecule has 2 aromatic heterocycles. The van der Waals surface area contributed by atoms with Crippen molar-refractivity contribution < 1.29 is 4.74 Å². The molecule has 0 fully saturated rings. The summed E-state index contributed by atoms with van der Waals surface area (Å²) in [6, 6.07) is 14.1. The van der Waals surface area contributed by atoms with E-state index in [9.17, 15) is 0 Å². The summed E-state index contributed by atoms with van der Waals surface area (Å²) >= 11 is 1.77. The van der Waals surface area contributed by atoms with Crippen LogP contribution in [0.15, 0.2) is 52.8 Å². The first-order valence-electron chi connectivity index (χ1n) is 9.79. The van der Waals surface area contributed by atoms with Gasteiger partial charge in [0, 0.05) is 25.0 Å². The molecule has 3 aromatic rings. The Balaban J connectivity index is 0.00000320. The molecule has 0 radical (unpaired) electrons. The minimum absolute atomic E-state index is 0. The van der Waals surface area contributed by atoms with Gasteiger partial charge in [-0.15, -0.1) is 45.5 Å². The number of ether oxygens (including phenoxy) is 1. The Morgan fingerprint density at radius 2 is 1.90 bits per heavy atom. The molecule has 0 saturated heterocycles. The Kier molecular flexibility index (Phi) is 10.6. The minimum Gasteiger partial charge on any atom is -0.494 e. The quantitative estimate of drug-likeness (QED) is 0.178. The summed E-state index contributed by atoms with van der Waals surface area (Å²) in [7, 11) is 1.96. The molecule has 30 heavy (non-hydrogen) atoms. The van der Waals surface area contributed by atoms with Gasteiger partial charge in [-0.2, -0.15) is 0 Å². The van der Waals surface area contributed by atoms with Crippen LogP contribution >= 0.6 is 35.3 Å². The molecule has 0 aliphatic rings. The maximum Gasteiger partial charge on any atom is 0.191 e. The molecule has 1 aromatic carbocycles. The number of benzene rings is 1. The smallest absolute Gasteiger partial charge is 0.191 e. The molecule has 0 spiro atoms. The number of hydrogen-bond acceptors (Lipinski definition) is 5. The average Bonchev–Trinajstić information content (AvgIpc) is 3.37. The summed E-state index contributed by atoms with van der Waals surface area (Å²) in [6.07, 6.45) is 1.85. The van der Waals surface area contributed by atoms with E-state index in [0.717, 1.165) is 49.3 Å². The van der Waals surface area contributed by atoms with Gasteiger partial charge in [-0.25, -0.2) is 4.99 Å². The number of rotatable bonds is 10. The first-order valence-corrected chi connectivity index (χ1v) is 10.7. The predicted molar refractivity (Wildman–Crippen MR) is 133 cm³/mol. The van der Waals surface area contributed by atoms with Crippen molar-refractivity contribution in [1.82, 2.24) is 25.4 Å². The van der Waals surface area contributed by atoms with Gasteiger partial charge in [-0.3, -0.25) is 0 Å². The lowest BCUT2D eigenvalue weighted by Crippen LogP contribution is -2.39. The standard InChI is InChI=1S/C21H28N6OS.HI/c1-17-25-26-20(27(17)2)16-24-21(23-13-11-19-10-6-15-29-19)22-12-7-14-28-18-8-4-3-5-9-18;/h3-6,8-10,15H,7,11-14,16H2,1-2H3,(H2,22,23,24);1H. The van der Waals surface area contributed by atoms with Crippen molar-refractivity contribution in [2.45, 2.75) is 26.3 Å². The number of halogens is 1. The topological polar surface area (TPSA) is 76.4 Å². The van der Waals surface area contributed by atoms with Crippen LogP contribution in [0.5, 0.6) is 5.75 Å². The monoisotopic (exact) mass is 540 g/mol. The Hall–Kier alpha value is -2.14. The SMILES string of the molecule is Cc1nnc(CN=C(NCCCOc2ccccc2)NCCc2cccs2)n1C.I. The van der Waals surface area contributed by atoms with Crippen LogP contribution in [-0.4, -0.2) is 40.4 Å². The second-order valence-electron chi connectivity index (χ2n) is 6.59. The van der Waals surface area contributed by atoms with E-state index in [1.165, 1.54) is 4.88 Å². The van der Waals surface area contributed by atoms with Crippen LogP contribution in [0.4, 0.5) is 0 Å².